The topological polar surface area (TPSA) is 88.3 Å². The number of aromatic nitrogens is 1. The van der Waals surface area contributed by atoms with Gasteiger partial charge in [-0.3, -0.25) is 9.36 Å². The van der Waals surface area contributed by atoms with Crippen LogP contribution in [-0.4, -0.2) is 37.5 Å². The van der Waals surface area contributed by atoms with Crippen molar-refractivity contribution < 1.29 is 23.7 Å². The van der Waals surface area contributed by atoms with E-state index in [1.54, 1.807) is 45.2 Å². The van der Waals surface area contributed by atoms with Gasteiger partial charge in [0.15, 0.2) is 16.3 Å². The second kappa shape index (κ2) is 13.0. The Morgan fingerprint density at radius 1 is 1.12 bits per heavy atom. The molecule has 0 amide bonds. The number of fused-ring (bicyclic) bond motifs is 1. The van der Waals surface area contributed by atoms with Gasteiger partial charge in [-0.1, -0.05) is 55.9 Å². The van der Waals surface area contributed by atoms with E-state index in [-0.39, 0.29) is 17.7 Å². The number of hydrogen-bond acceptors (Lipinski definition) is 8. The molecule has 3 aromatic rings. The van der Waals surface area contributed by atoms with Crippen molar-refractivity contribution in [3.8, 4) is 17.2 Å². The molecule has 0 spiro atoms. The van der Waals surface area contributed by atoms with Crippen LogP contribution in [0.4, 0.5) is 0 Å². The molecule has 1 atom stereocenters. The summed E-state index contributed by atoms with van der Waals surface area (Å²) in [6, 6.07) is 8.28. The molecule has 0 saturated heterocycles. The van der Waals surface area contributed by atoms with E-state index in [2.05, 4.69) is 43.4 Å². The fourth-order valence-corrected chi connectivity index (χ4v) is 6.28. The number of halogens is 2. The molecule has 2 heterocycles. The zero-order valence-corrected chi connectivity index (χ0v) is 26.4. The Morgan fingerprint density at radius 3 is 2.58 bits per heavy atom. The van der Waals surface area contributed by atoms with Crippen LogP contribution in [0.25, 0.3) is 6.08 Å². The average Bonchev–Trinajstić information content (AvgIpc) is 3.22. The SMILES string of the molecule is C=CCOc1ccc(Br)cc1/C=c1/sc2n(c1=O)[C@@H](c1cc(OC)c(OCC)cc1Br)C(C(=O)OCC)=C(C)N=2. The maximum Gasteiger partial charge on any atom is 0.338 e. The number of carbonyl (C=O) groups is 1. The summed E-state index contributed by atoms with van der Waals surface area (Å²) in [6.45, 7) is 10.0. The molecular formula is C29H28Br2N2O6S. The Hall–Kier alpha value is -3.15. The number of ether oxygens (including phenoxy) is 4. The normalized spacial score (nSPS) is 14.8. The van der Waals surface area contributed by atoms with E-state index in [9.17, 15) is 9.59 Å². The van der Waals surface area contributed by atoms with E-state index >= 15 is 0 Å². The van der Waals surface area contributed by atoms with E-state index in [4.69, 9.17) is 18.9 Å². The maximum absolute atomic E-state index is 14.0. The van der Waals surface area contributed by atoms with Gasteiger partial charge < -0.3 is 18.9 Å². The van der Waals surface area contributed by atoms with Gasteiger partial charge in [0.1, 0.15) is 12.4 Å². The lowest BCUT2D eigenvalue weighted by Gasteiger charge is -2.26. The molecule has 2 aromatic carbocycles. The van der Waals surface area contributed by atoms with Crippen molar-refractivity contribution in [1.29, 1.82) is 0 Å². The molecule has 0 unspecified atom stereocenters. The number of methoxy groups -OCH3 is 1. The molecular weight excluding hydrogens is 664 g/mol. The van der Waals surface area contributed by atoms with E-state index in [0.29, 0.717) is 61.1 Å². The molecule has 0 aliphatic carbocycles. The number of benzene rings is 2. The molecule has 1 aromatic heterocycles. The van der Waals surface area contributed by atoms with Crippen molar-refractivity contribution in [2.75, 3.05) is 26.9 Å². The number of hydrogen-bond donors (Lipinski definition) is 0. The van der Waals surface area contributed by atoms with Crippen LogP contribution in [0.15, 0.2) is 73.0 Å². The number of thiazole rings is 1. The monoisotopic (exact) mass is 690 g/mol. The Kier molecular flexibility index (Phi) is 9.70. The minimum atomic E-state index is -0.824. The average molecular weight is 692 g/mol. The number of allylic oxidation sites excluding steroid dienone is 1. The first kappa shape index (κ1) is 29.8. The van der Waals surface area contributed by atoms with Crippen molar-refractivity contribution in [2.45, 2.75) is 26.8 Å². The maximum atomic E-state index is 14.0. The molecule has 0 bridgehead atoms. The number of esters is 1. The van der Waals surface area contributed by atoms with Crippen molar-refractivity contribution in [3.05, 3.63) is 94.0 Å². The lowest BCUT2D eigenvalue weighted by Crippen LogP contribution is -2.40. The summed E-state index contributed by atoms with van der Waals surface area (Å²) in [5, 5.41) is 0. The van der Waals surface area contributed by atoms with Gasteiger partial charge in [0.05, 0.1) is 42.2 Å². The number of rotatable bonds is 10. The van der Waals surface area contributed by atoms with Crippen LogP contribution in [0.2, 0.25) is 0 Å². The Balaban J connectivity index is 1.99. The largest absolute Gasteiger partial charge is 0.493 e. The molecule has 0 fully saturated rings. The summed E-state index contributed by atoms with van der Waals surface area (Å²) in [4.78, 5) is 32.4. The summed E-state index contributed by atoms with van der Waals surface area (Å²) in [7, 11) is 1.54. The van der Waals surface area contributed by atoms with Crippen molar-refractivity contribution in [3.63, 3.8) is 0 Å². The third-order valence-electron chi connectivity index (χ3n) is 6.01. The van der Waals surface area contributed by atoms with Gasteiger partial charge in [0.25, 0.3) is 5.56 Å². The predicted molar refractivity (Wildman–Crippen MR) is 162 cm³/mol. The van der Waals surface area contributed by atoms with Crippen molar-refractivity contribution in [1.82, 2.24) is 4.57 Å². The van der Waals surface area contributed by atoms with Gasteiger partial charge in [0, 0.05) is 14.5 Å². The Morgan fingerprint density at radius 2 is 1.90 bits per heavy atom. The zero-order valence-electron chi connectivity index (χ0n) is 22.5. The van der Waals surface area contributed by atoms with Gasteiger partial charge in [-0.25, -0.2) is 9.79 Å². The highest BCUT2D eigenvalue weighted by molar-refractivity contribution is 9.10. The molecule has 0 N–H and O–H groups in total. The van der Waals surface area contributed by atoms with Gasteiger partial charge in [-0.05, 0) is 62.7 Å². The van der Waals surface area contributed by atoms with Crippen molar-refractivity contribution >= 4 is 55.2 Å². The smallest absolute Gasteiger partial charge is 0.338 e. The highest BCUT2D eigenvalue weighted by Crippen LogP contribution is 2.41. The fraction of sp³-hybridized carbons (Fsp3) is 0.276. The van der Waals surface area contributed by atoms with Crippen LogP contribution in [0.5, 0.6) is 17.2 Å². The van der Waals surface area contributed by atoms with Crippen LogP contribution >= 0.6 is 43.2 Å². The minimum absolute atomic E-state index is 0.177. The third-order valence-corrected chi connectivity index (χ3v) is 8.17. The fourth-order valence-electron chi connectivity index (χ4n) is 4.33. The summed E-state index contributed by atoms with van der Waals surface area (Å²) in [6.07, 6.45) is 3.42. The predicted octanol–water partition coefficient (Wildman–Crippen LogP) is 5.30. The highest BCUT2D eigenvalue weighted by Gasteiger charge is 2.35. The molecule has 11 heteroatoms. The number of nitrogens with zero attached hydrogens (tertiary/aromatic N) is 2. The van der Waals surface area contributed by atoms with Crippen LogP contribution in [0.1, 0.15) is 37.9 Å². The highest BCUT2D eigenvalue weighted by atomic mass is 79.9. The van der Waals surface area contributed by atoms with Crippen LogP contribution in [0, 0.1) is 0 Å². The molecule has 0 radical (unpaired) electrons. The van der Waals surface area contributed by atoms with E-state index < -0.39 is 12.0 Å². The lowest BCUT2D eigenvalue weighted by atomic mass is 9.95. The summed E-state index contributed by atoms with van der Waals surface area (Å²) in [5.74, 6) is 1.06. The molecule has 4 rings (SSSR count). The van der Waals surface area contributed by atoms with Gasteiger partial charge in [0.2, 0.25) is 0 Å². The summed E-state index contributed by atoms with van der Waals surface area (Å²) < 4.78 is 26.0. The Labute approximate surface area is 252 Å². The van der Waals surface area contributed by atoms with Crippen LogP contribution in [-0.2, 0) is 9.53 Å². The first-order chi connectivity index (χ1) is 19.2. The van der Waals surface area contributed by atoms with E-state index in [1.807, 2.05) is 25.1 Å². The summed E-state index contributed by atoms with van der Waals surface area (Å²) in [5.41, 5.74) is 1.77. The lowest BCUT2D eigenvalue weighted by molar-refractivity contribution is -0.139. The second-order valence-corrected chi connectivity index (χ2v) is 11.3. The van der Waals surface area contributed by atoms with Crippen molar-refractivity contribution in [2.24, 2.45) is 4.99 Å². The minimum Gasteiger partial charge on any atom is -0.493 e. The second-order valence-electron chi connectivity index (χ2n) is 8.54. The van der Waals surface area contributed by atoms with Gasteiger partial charge >= 0.3 is 5.97 Å². The number of carbonyl (C=O) groups excluding carboxylic acids is 1. The molecule has 1 aliphatic rings. The quantitative estimate of drug-likeness (QED) is 0.212. The zero-order chi connectivity index (χ0) is 29.0. The molecule has 210 valence electrons. The van der Waals surface area contributed by atoms with E-state index in [0.717, 1.165) is 4.47 Å². The molecule has 1 aliphatic heterocycles. The molecule has 40 heavy (non-hydrogen) atoms. The standard InChI is InChI=1S/C29H28Br2N2O6S/c1-6-11-39-21-10-9-18(30)12-17(21)13-24-27(34)33-26(19-14-22(36-5)23(37-7-2)15-20(19)31)25(28(35)38-8-3)16(4)32-29(33)40-24/h6,9-10,12-15,26H,1,7-8,11H2,2-5H3/b24-13+/t26-/m0/s1. The van der Waals surface area contributed by atoms with E-state index in [1.165, 1.54) is 15.9 Å². The van der Waals surface area contributed by atoms with Crippen LogP contribution < -0.4 is 29.1 Å². The van der Waals surface area contributed by atoms with Crippen LogP contribution in [0.3, 0.4) is 0 Å². The third kappa shape index (κ3) is 5.96. The first-order valence-electron chi connectivity index (χ1n) is 12.5. The summed E-state index contributed by atoms with van der Waals surface area (Å²) >= 11 is 8.37. The Bertz CT molecular complexity index is 1670. The molecule has 0 saturated carbocycles. The first-order valence-corrected chi connectivity index (χ1v) is 14.9. The van der Waals surface area contributed by atoms with Gasteiger partial charge in [-0.15, -0.1) is 0 Å². The molecule has 8 nitrogen and oxygen atoms in total. The van der Waals surface area contributed by atoms with Gasteiger partial charge in [-0.2, -0.15) is 0 Å².